The van der Waals surface area contributed by atoms with Crippen LogP contribution in [0.25, 0.3) is 0 Å². The smallest absolute Gasteiger partial charge is 0.407 e. The lowest BCUT2D eigenvalue weighted by Crippen LogP contribution is -2.46. The predicted octanol–water partition coefficient (Wildman–Crippen LogP) is 3.65. The zero-order valence-electron chi connectivity index (χ0n) is 14.8. The lowest BCUT2D eigenvalue weighted by Gasteiger charge is -2.24. The van der Waals surface area contributed by atoms with Gasteiger partial charge in [-0.3, -0.25) is 0 Å². The normalized spacial score (nSPS) is 14.2. The first-order valence-electron chi connectivity index (χ1n) is 8.17. The summed E-state index contributed by atoms with van der Waals surface area (Å²) in [6.45, 7) is 10.2. The maximum absolute atomic E-state index is 13.2. The standard InChI is InChI=1S/C18H29FN2O2/c1-6-16(21-17(22)23-18(3,4)5)12-20-13(2)10-14-8-7-9-15(19)11-14/h7-9,11,13,16,20H,6,10,12H2,1-5H3,(H,21,22). The van der Waals surface area contributed by atoms with Gasteiger partial charge in [-0.1, -0.05) is 19.1 Å². The molecule has 0 aliphatic rings. The summed E-state index contributed by atoms with van der Waals surface area (Å²) < 4.78 is 18.4. The van der Waals surface area contributed by atoms with Crippen molar-refractivity contribution < 1.29 is 13.9 Å². The second kappa shape index (κ2) is 8.87. The summed E-state index contributed by atoms with van der Waals surface area (Å²) in [5, 5.41) is 6.24. The van der Waals surface area contributed by atoms with E-state index in [1.165, 1.54) is 6.07 Å². The van der Waals surface area contributed by atoms with Gasteiger partial charge in [0.05, 0.1) is 0 Å². The van der Waals surface area contributed by atoms with Crippen LogP contribution in [0.3, 0.4) is 0 Å². The quantitative estimate of drug-likeness (QED) is 0.805. The molecule has 2 atom stereocenters. The maximum Gasteiger partial charge on any atom is 0.407 e. The highest BCUT2D eigenvalue weighted by molar-refractivity contribution is 5.68. The number of amides is 1. The van der Waals surface area contributed by atoms with Crippen molar-refractivity contribution in [1.29, 1.82) is 0 Å². The van der Waals surface area contributed by atoms with Crippen LogP contribution in [0.5, 0.6) is 0 Å². The van der Waals surface area contributed by atoms with Crippen LogP contribution in [0.1, 0.15) is 46.6 Å². The molecule has 0 spiro atoms. The third-order valence-electron chi connectivity index (χ3n) is 3.36. The molecule has 1 rings (SSSR count). The van der Waals surface area contributed by atoms with Gasteiger partial charge in [0.1, 0.15) is 11.4 Å². The molecule has 0 bridgehead atoms. The summed E-state index contributed by atoms with van der Waals surface area (Å²) in [6.07, 6.45) is 1.14. The number of ether oxygens (including phenoxy) is 1. The molecule has 5 heteroatoms. The van der Waals surface area contributed by atoms with E-state index in [4.69, 9.17) is 4.74 Å². The van der Waals surface area contributed by atoms with Crippen LogP contribution in [0, 0.1) is 5.82 Å². The lowest BCUT2D eigenvalue weighted by molar-refractivity contribution is 0.0502. The second-order valence-electron chi connectivity index (χ2n) is 6.89. The minimum Gasteiger partial charge on any atom is -0.444 e. The first-order valence-corrected chi connectivity index (χ1v) is 8.17. The number of nitrogens with one attached hydrogen (secondary N) is 2. The van der Waals surface area contributed by atoms with Gasteiger partial charge in [-0.05, 0) is 58.2 Å². The van der Waals surface area contributed by atoms with Crippen molar-refractivity contribution in [3.8, 4) is 0 Å². The van der Waals surface area contributed by atoms with Crippen molar-refractivity contribution in [3.05, 3.63) is 35.6 Å². The third-order valence-corrected chi connectivity index (χ3v) is 3.36. The van der Waals surface area contributed by atoms with Gasteiger partial charge in [0.2, 0.25) is 0 Å². The Morgan fingerprint density at radius 1 is 1.35 bits per heavy atom. The highest BCUT2D eigenvalue weighted by Crippen LogP contribution is 2.08. The molecule has 130 valence electrons. The maximum atomic E-state index is 13.2. The van der Waals surface area contributed by atoms with E-state index in [1.807, 2.05) is 40.7 Å². The zero-order chi connectivity index (χ0) is 17.5. The highest BCUT2D eigenvalue weighted by Gasteiger charge is 2.19. The molecule has 0 aliphatic heterocycles. The first kappa shape index (κ1) is 19.4. The molecule has 1 amide bonds. The third kappa shape index (κ3) is 8.55. The van der Waals surface area contributed by atoms with E-state index in [1.54, 1.807) is 12.1 Å². The van der Waals surface area contributed by atoms with Crippen molar-refractivity contribution in [2.24, 2.45) is 0 Å². The van der Waals surface area contributed by atoms with Crippen LogP contribution in [0.15, 0.2) is 24.3 Å². The summed E-state index contributed by atoms with van der Waals surface area (Å²) >= 11 is 0. The molecular weight excluding hydrogens is 295 g/mol. The van der Waals surface area contributed by atoms with Crippen molar-refractivity contribution >= 4 is 6.09 Å². The van der Waals surface area contributed by atoms with E-state index in [-0.39, 0.29) is 17.9 Å². The number of hydrogen-bond acceptors (Lipinski definition) is 3. The number of rotatable bonds is 7. The van der Waals surface area contributed by atoms with Crippen molar-refractivity contribution in [1.82, 2.24) is 10.6 Å². The van der Waals surface area contributed by atoms with Crippen molar-refractivity contribution in [2.45, 2.75) is 65.1 Å². The van der Waals surface area contributed by atoms with Gasteiger partial charge in [-0.15, -0.1) is 0 Å². The van der Waals surface area contributed by atoms with Crippen LogP contribution >= 0.6 is 0 Å². The minimum absolute atomic E-state index is 0.000176. The number of benzene rings is 1. The number of carbonyl (C=O) groups is 1. The monoisotopic (exact) mass is 324 g/mol. The van der Waals surface area contributed by atoms with E-state index in [9.17, 15) is 9.18 Å². The first-order chi connectivity index (χ1) is 10.7. The van der Waals surface area contributed by atoms with Gasteiger partial charge >= 0.3 is 6.09 Å². The number of alkyl carbamates (subject to hydrolysis) is 1. The summed E-state index contributed by atoms with van der Waals surface area (Å²) in [6, 6.07) is 6.81. The Hall–Kier alpha value is -1.62. The van der Waals surface area contributed by atoms with Crippen LogP contribution < -0.4 is 10.6 Å². The molecule has 0 fully saturated rings. The number of halogens is 1. The average Bonchev–Trinajstić information content (AvgIpc) is 2.41. The molecule has 23 heavy (non-hydrogen) atoms. The molecule has 0 radical (unpaired) electrons. The van der Waals surface area contributed by atoms with Gasteiger partial charge in [0, 0.05) is 18.6 Å². The van der Waals surface area contributed by atoms with Gasteiger partial charge in [0.25, 0.3) is 0 Å². The Bertz CT molecular complexity index is 500. The predicted molar refractivity (Wildman–Crippen MR) is 91.0 cm³/mol. The zero-order valence-corrected chi connectivity index (χ0v) is 14.8. The van der Waals surface area contributed by atoms with E-state index in [0.29, 0.717) is 6.54 Å². The van der Waals surface area contributed by atoms with Crippen LogP contribution in [-0.2, 0) is 11.2 Å². The molecular formula is C18H29FN2O2. The highest BCUT2D eigenvalue weighted by atomic mass is 19.1. The van der Waals surface area contributed by atoms with Crippen molar-refractivity contribution in [2.75, 3.05) is 6.54 Å². The topological polar surface area (TPSA) is 50.4 Å². The average molecular weight is 324 g/mol. The molecule has 1 aromatic rings. The number of carbonyl (C=O) groups excluding carboxylic acids is 1. The molecule has 2 unspecified atom stereocenters. The second-order valence-corrected chi connectivity index (χ2v) is 6.89. The summed E-state index contributed by atoms with van der Waals surface area (Å²) in [7, 11) is 0. The fourth-order valence-corrected chi connectivity index (χ4v) is 2.20. The van der Waals surface area contributed by atoms with Crippen LogP contribution in [0.4, 0.5) is 9.18 Å². The van der Waals surface area contributed by atoms with Gasteiger partial charge in [-0.25, -0.2) is 9.18 Å². The Kier molecular flexibility index (Phi) is 7.49. The van der Waals surface area contributed by atoms with Crippen LogP contribution in [0.2, 0.25) is 0 Å². The van der Waals surface area contributed by atoms with Gasteiger partial charge in [-0.2, -0.15) is 0 Å². The molecule has 0 saturated carbocycles. The summed E-state index contributed by atoms with van der Waals surface area (Å²) in [4.78, 5) is 11.8. The Morgan fingerprint density at radius 3 is 2.61 bits per heavy atom. The molecule has 1 aromatic carbocycles. The molecule has 4 nitrogen and oxygen atoms in total. The molecule has 0 saturated heterocycles. The Balaban J connectivity index is 2.40. The van der Waals surface area contributed by atoms with Crippen molar-refractivity contribution in [3.63, 3.8) is 0 Å². The van der Waals surface area contributed by atoms with E-state index >= 15 is 0 Å². The Morgan fingerprint density at radius 2 is 2.04 bits per heavy atom. The van der Waals surface area contributed by atoms with Crippen LogP contribution in [-0.4, -0.2) is 30.3 Å². The molecule has 2 N–H and O–H groups in total. The SMILES string of the molecule is CCC(CNC(C)Cc1cccc(F)c1)NC(=O)OC(C)(C)C. The molecule has 0 aromatic heterocycles. The lowest BCUT2D eigenvalue weighted by atomic mass is 10.1. The van der Waals surface area contributed by atoms with E-state index in [2.05, 4.69) is 10.6 Å². The van der Waals surface area contributed by atoms with E-state index in [0.717, 1.165) is 18.4 Å². The largest absolute Gasteiger partial charge is 0.444 e. The van der Waals surface area contributed by atoms with Gasteiger partial charge in [0.15, 0.2) is 0 Å². The fourth-order valence-electron chi connectivity index (χ4n) is 2.20. The summed E-state index contributed by atoms with van der Waals surface area (Å²) in [5.74, 6) is -0.215. The fraction of sp³-hybridized carbons (Fsp3) is 0.611. The molecule has 0 heterocycles. The minimum atomic E-state index is -0.500. The van der Waals surface area contributed by atoms with Gasteiger partial charge < -0.3 is 15.4 Å². The van der Waals surface area contributed by atoms with E-state index < -0.39 is 11.7 Å². The Labute approximate surface area is 138 Å². The number of hydrogen-bond donors (Lipinski definition) is 2. The molecule has 0 aliphatic carbocycles. The summed E-state index contributed by atoms with van der Waals surface area (Å²) in [5.41, 5.74) is 0.457.